The molecule has 1 N–H and O–H groups in total. The van der Waals surface area contributed by atoms with Gasteiger partial charge in [0, 0.05) is 61.6 Å². The van der Waals surface area contributed by atoms with Gasteiger partial charge in [-0.05, 0) is 44.1 Å². The van der Waals surface area contributed by atoms with Crippen LogP contribution >= 0.6 is 0 Å². The number of nitrogens with zero attached hydrogens (tertiary/aromatic N) is 6. The highest BCUT2D eigenvalue weighted by Crippen LogP contribution is 2.35. The van der Waals surface area contributed by atoms with Gasteiger partial charge in [-0.15, -0.1) is 0 Å². The summed E-state index contributed by atoms with van der Waals surface area (Å²) in [6, 6.07) is 18.6. The van der Waals surface area contributed by atoms with Crippen LogP contribution in [-0.4, -0.2) is 86.0 Å². The van der Waals surface area contributed by atoms with Crippen LogP contribution in [0.3, 0.4) is 0 Å². The molecule has 2 aliphatic rings. The zero-order valence-corrected chi connectivity index (χ0v) is 23.8. The third kappa shape index (κ3) is 6.03. The molecule has 3 heterocycles. The van der Waals surface area contributed by atoms with Gasteiger partial charge in [0.1, 0.15) is 5.69 Å². The summed E-state index contributed by atoms with van der Waals surface area (Å²) in [6.07, 6.45) is 2.32. The monoisotopic (exact) mass is 551 g/mol. The number of anilines is 2. The topological polar surface area (TPSA) is 95.8 Å². The van der Waals surface area contributed by atoms with Crippen LogP contribution in [0.2, 0.25) is 0 Å². The number of hydrogen-bond acceptors (Lipinski definition) is 7. The average molecular weight is 552 g/mol. The molecule has 1 unspecified atom stereocenters. The summed E-state index contributed by atoms with van der Waals surface area (Å²) in [6.45, 7) is 7.90. The Labute approximate surface area is 241 Å². The number of carbonyl (C=O) groups is 2. The molecule has 1 saturated heterocycles. The number of nitrogens with one attached hydrogen (secondary N) is 1. The molecular weight excluding hydrogens is 514 g/mol. The molecule has 1 atom stereocenters. The van der Waals surface area contributed by atoms with Gasteiger partial charge in [-0.2, -0.15) is 5.26 Å². The van der Waals surface area contributed by atoms with Crippen LogP contribution in [0.5, 0.6) is 0 Å². The zero-order chi connectivity index (χ0) is 28.9. The smallest absolute Gasteiger partial charge is 0.270 e. The van der Waals surface area contributed by atoms with Crippen molar-refractivity contribution < 1.29 is 9.59 Å². The quantitative estimate of drug-likeness (QED) is 0.430. The number of carbonyl (C=O) groups excluding carboxylic acids is 2. The van der Waals surface area contributed by atoms with E-state index in [0.29, 0.717) is 38.4 Å². The van der Waals surface area contributed by atoms with Gasteiger partial charge in [0.2, 0.25) is 5.91 Å². The molecule has 2 aromatic carbocycles. The number of amides is 2. The van der Waals surface area contributed by atoms with Gasteiger partial charge in [-0.1, -0.05) is 43.0 Å². The van der Waals surface area contributed by atoms with Gasteiger partial charge in [0.15, 0.2) is 0 Å². The summed E-state index contributed by atoms with van der Waals surface area (Å²) in [5.74, 6) is -0.361. The second-order valence-electron chi connectivity index (χ2n) is 10.9. The number of benzene rings is 2. The third-order valence-corrected chi connectivity index (χ3v) is 7.95. The minimum atomic E-state index is -0.254. The first kappa shape index (κ1) is 28.1. The van der Waals surface area contributed by atoms with Crippen molar-refractivity contribution in [2.75, 3.05) is 63.2 Å². The van der Waals surface area contributed by atoms with Crippen molar-refractivity contribution in [3.8, 4) is 6.07 Å². The molecule has 2 amide bonds. The fourth-order valence-electron chi connectivity index (χ4n) is 5.85. The summed E-state index contributed by atoms with van der Waals surface area (Å²) in [7, 11) is 3.94. The standard InChI is InChI=1S/C32H37N7O2/c1-4-31(40)39-19-18-38(21-24(39)12-14-33)30-20-27(32(41)34-15-17-36(2)3)35-28-22-37(16-13-26(28)30)29-11-7-9-23-8-5-6-10-25(23)29/h4-11,20,24H,1,12-13,15-19,21-22H2,2-3H3,(H,34,41). The van der Waals surface area contributed by atoms with Crippen LogP contribution in [0.25, 0.3) is 10.8 Å². The SMILES string of the molecule is C=CC(=O)N1CCN(c2cc(C(=O)NCCN(C)C)nc3c2CCN(c2cccc4ccccc24)C3)CC1CC#N. The van der Waals surface area contributed by atoms with E-state index in [9.17, 15) is 14.9 Å². The first-order chi connectivity index (χ1) is 19.9. The number of fused-ring (bicyclic) bond motifs is 2. The number of likely N-dealkylation sites (N-methyl/N-ethyl adjacent to an activating group) is 1. The van der Waals surface area contributed by atoms with E-state index < -0.39 is 0 Å². The maximum absolute atomic E-state index is 13.3. The number of piperazine rings is 1. The molecule has 0 bridgehead atoms. The molecule has 0 saturated carbocycles. The van der Waals surface area contributed by atoms with E-state index in [1.54, 1.807) is 4.90 Å². The Morgan fingerprint density at radius 1 is 1.12 bits per heavy atom. The molecule has 0 radical (unpaired) electrons. The van der Waals surface area contributed by atoms with Crippen LogP contribution in [0.4, 0.5) is 11.4 Å². The Morgan fingerprint density at radius 2 is 1.93 bits per heavy atom. The summed E-state index contributed by atoms with van der Waals surface area (Å²) in [4.78, 5) is 39.0. The van der Waals surface area contributed by atoms with Gasteiger partial charge in [0.25, 0.3) is 5.91 Å². The van der Waals surface area contributed by atoms with Crippen LogP contribution in [-0.2, 0) is 17.8 Å². The predicted molar refractivity (Wildman–Crippen MR) is 162 cm³/mol. The highest BCUT2D eigenvalue weighted by Gasteiger charge is 2.32. The Kier molecular flexibility index (Phi) is 8.50. The third-order valence-electron chi connectivity index (χ3n) is 7.95. The van der Waals surface area contributed by atoms with Crippen molar-refractivity contribution in [2.24, 2.45) is 0 Å². The first-order valence-electron chi connectivity index (χ1n) is 14.1. The Balaban J connectivity index is 1.50. The van der Waals surface area contributed by atoms with Crippen LogP contribution < -0.4 is 15.1 Å². The molecule has 5 rings (SSSR count). The lowest BCUT2D eigenvalue weighted by Crippen LogP contribution is -2.55. The predicted octanol–water partition coefficient (Wildman–Crippen LogP) is 3.21. The summed E-state index contributed by atoms with van der Waals surface area (Å²) in [5, 5.41) is 14.9. The fourth-order valence-corrected chi connectivity index (χ4v) is 5.85. The lowest BCUT2D eigenvalue weighted by atomic mass is 9.98. The summed E-state index contributed by atoms with van der Waals surface area (Å²) in [5.41, 5.74) is 4.53. The summed E-state index contributed by atoms with van der Waals surface area (Å²) >= 11 is 0. The minimum absolute atomic E-state index is 0.159. The Bertz CT molecular complexity index is 1490. The molecule has 41 heavy (non-hydrogen) atoms. The maximum Gasteiger partial charge on any atom is 0.270 e. The Morgan fingerprint density at radius 3 is 2.71 bits per heavy atom. The number of nitriles is 1. The lowest BCUT2D eigenvalue weighted by Gasteiger charge is -2.43. The van der Waals surface area contributed by atoms with E-state index in [2.05, 4.69) is 70.2 Å². The van der Waals surface area contributed by atoms with Gasteiger partial charge < -0.3 is 24.9 Å². The second kappa shape index (κ2) is 12.4. The van der Waals surface area contributed by atoms with Crippen molar-refractivity contribution in [3.63, 3.8) is 0 Å². The van der Waals surface area contributed by atoms with Crippen molar-refractivity contribution >= 4 is 34.0 Å². The van der Waals surface area contributed by atoms with Crippen molar-refractivity contribution in [3.05, 3.63) is 78.1 Å². The fraction of sp³-hybridized carbons (Fsp3) is 0.375. The molecule has 9 nitrogen and oxygen atoms in total. The zero-order valence-electron chi connectivity index (χ0n) is 23.8. The van der Waals surface area contributed by atoms with Crippen LogP contribution in [0.1, 0.15) is 28.2 Å². The highest BCUT2D eigenvalue weighted by atomic mass is 16.2. The van der Waals surface area contributed by atoms with E-state index >= 15 is 0 Å². The van der Waals surface area contributed by atoms with Crippen molar-refractivity contribution in [1.29, 1.82) is 5.26 Å². The summed E-state index contributed by atoms with van der Waals surface area (Å²) < 4.78 is 0. The molecule has 0 aliphatic carbocycles. The van der Waals surface area contributed by atoms with E-state index in [4.69, 9.17) is 4.98 Å². The molecule has 2 aliphatic heterocycles. The number of pyridine rings is 1. The normalized spacial score (nSPS) is 16.8. The number of rotatable bonds is 8. The molecule has 9 heteroatoms. The number of aromatic nitrogens is 1. The molecule has 3 aromatic rings. The minimum Gasteiger partial charge on any atom is -0.367 e. The van der Waals surface area contributed by atoms with E-state index in [-0.39, 0.29) is 24.3 Å². The van der Waals surface area contributed by atoms with Gasteiger partial charge in [0.05, 0.1) is 30.8 Å². The average Bonchev–Trinajstić information content (AvgIpc) is 2.99. The number of hydrogen-bond donors (Lipinski definition) is 1. The first-order valence-corrected chi connectivity index (χ1v) is 14.1. The largest absolute Gasteiger partial charge is 0.367 e. The maximum atomic E-state index is 13.3. The van der Waals surface area contributed by atoms with Gasteiger partial charge in [-0.3, -0.25) is 9.59 Å². The second-order valence-corrected chi connectivity index (χ2v) is 10.9. The molecule has 1 aromatic heterocycles. The molecule has 212 valence electrons. The highest BCUT2D eigenvalue weighted by molar-refractivity contribution is 5.95. The van der Waals surface area contributed by atoms with Gasteiger partial charge >= 0.3 is 0 Å². The molecule has 1 fully saturated rings. The molecular formula is C32H37N7O2. The van der Waals surface area contributed by atoms with Crippen molar-refractivity contribution in [1.82, 2.24) is 20.1 Å². The van der Waals surface area contributed by atoms with Crippen LogP contribution in [0.15, 0.2) is 61.2 Å². The van der Waals surface area contributed by atoms with Crippen LogP contribution in [0, 0.1) is 11.3 Å². The van der Waals surface area contributed by atoms with Gasteiger partial charge in [-0.25, -0.2) is 4.98 Å². The van der Waals surface area contributed by atoms with E-state index in [1.165, 1.54) is 16.8 Å². The van der Waals surface area contributed by atoms with E-state index in [0.717, 1.165) is 42.1 Å². The Hall–Kier alpha value is -4.42. The molecule has 0 spiro atoms. The lowest BCUT2D eigenvalue weighted by molar-refractivity contribution is -0.128. The van der Waals surface area contributed by atoms with Crippen molar-refractivity contribution in [2.45, 2.75) is 25.4 Å². The van der Waals surface area contributed by atoms with E-state index in [1.807, 2.05) is 25.1 Å².